The van der Waals surface area contributed by atoms with Gasteiger partial charge in [-0.25, -0.2) is 0 Å². The van der Waals surface area contributed by atoms with Crippen LogP contribution in [0.3, 0.4) is 0 Å². The number of thiocarbonyl (C=S) groups is 1. The summed E-state index contributed by atoms with van der Waals surface area (Å²) in [6, 6.07) is 10.0. The maximum atomic E-state index is 5.72. The maximum Gasteiger partial charge on any atom is 0.171 e. The van der Waals surface area contributed by atoms with Crippen molar-refractivity contribution in [2.24, 2.45) is 0 Å². The van der Waals surface area contributed by atoms with E-state index in [1.54, 1.807) is 6.26 Å². The number of hydrogen-bond acceptors (Lipinski definition) is 5. The number of ether oxygens (including phenoxy) is 2. The molecule has 0 radical (unpaired) electrons. The summed E-state index contributed by atoms with van der Waals surface area (Å²) in [6.07, 6.45) is 2.58. The predicted molar refractivity (Wildman–Crippen MR) is 109 cm³/mol. The fourth-order valence-corrected chi connectivity index (χ4v) is 3.28. The van der Waals surface area contributed by atoms with Crippen LogP contribution in [-0.4, -0.2) is 48.0 Å². The molecule has 0 unspecified atom stereocenters. The van der Waals surface area contributed by atoms with Crippen molar-refractivity contribution in [2.45, 2.75) is 26.8 Å². The first-order chi connectivity index (χ1) is 13.2. The van der Waals surface area contributed by atoms with Gasteiger partial charge in [0.25, 0.3) is 0 Å². The second kappa shape index (κ2) is 9.62. The third kappa shape index (κ3) is 5.37. The van der Waals surface area contributed by atoms with E-state index in [1.807, 2.05) is 32.0 Å². The number of nitrogens with zero attached hydrogens (tertiary/aromatic N) is 2. The zero-order valence-corrected chi connectivity index (χ0v) is 16.8. The van der Waals surface area contributed by atoms with E-state index in [9.17, 15) is 0 Å². The lowest BCUT2D eigenvalue weighted by molar-refractivity contribution is 0.138. The first-order valence-electron chi connectivity index (χ1n) is 9.35. The summed E-state index contributed by atoms with van der Waals surface area (Å²) in [4.78, 5) is 4.44. The summed E-state index contributed by atoms with van der Waals surface area (Å²) in [6.45, 7) is 8.30. The molecule has 1 aromatic heterocycles. The number of hydrogen-bond donors (Lipinski definition) is 1. The molecule has 1 fully saturated rings. The molecule has 6 nitrogen and oxygen atoms in total. The Balaban J connectivity index is 1.59. The Morgan fingerprint density at radius 3 is 2.70 bits per heavy atom. The third-order valence-electron chi connectivity index (χ3n) is 4.35. The SMILES string of the molecule is CCOc1ccc(CCN2CN(Cc3ccco3)CNC2=S)cc1OCC. The molecule has 0 bridgehead atoms. The third-order valence-corrected chi connectivity index (χ3v) is 4.75. The van der Waals surface area contributed by atoms with Crippen LogP contribution in [0.4, 0.5) is 0 Å². The van der Waals surface area contributed by atoms with Gasteiger partial charge < -0.3 is 24.1 Å². The van der Waals surface area contributed by atoms with Crippen LogP contribution >= 0.6 is 12.2 Å². The minimum atomic E-state index is 0.616. The monoisotopic (exact) mass is 389 g/mol. The van der Waals surface area contributed by atoms with Crippen LogP contribution in [0.25, 0.3) is 0 Å². The highest BCUT2D eigenvalue weighted by Gasteiger charge is 2.21. The second-order valence-corrected chi connectivity index (χ2v) is 6.74. The summed E-state index contributed by atoms with van der Waals surface area (Å²) < 4.78 is 16.8. The van der Waals surface area contributed by atoms with Gasteiger partial charge in [0, 0.05) is 6.54 Å². The molecule has 1 aliphatic rings. The van der Waals surface area contributed by atoms with Gasteiger partial charge in [0.15, 0.2) is 16.6 Å². The fourth-order valence-electron chi connectivity index (χ4n) is 3.06. The van der Waals surface area contributed by atoms with Crippen LogP contribution in [0, 0.1) is 0 Å². The highest BCUT2D eigenvalue weighted by Crippen LogP contribution is 2.28. The number of furan rings is 1. The van der Waals surface area contributed by atoms with Gasteiger partial charge in [-0.3, -0.25) is 4.90 Å². The molecule has 0 atom stereocenters. The van der Waals surface area contributed by atoms with E-state index in [4.69, 9.17) is 26.1 Å². The predicted octanol–water partition coefficient (Wildman–Crippen LogP) is 3.23. The van der Waals surface area contributed by atoms with E-state index in [1.165, 1.54) is 5.56 Å². The summed E-state index contributed by atoms with van der Waals surface area (Å²) in [5.74, 6) is 2.55. The summed E-state index contributed by atoms with van der Waals surface area (Å²) in [7, 11) is 0. The highest BCUT2D eigenvalue weighted by molar-refractivity contribution is 7.80. The van der Waals surface area contributed by atoms with Crippen LogP contribution in [0.1, 0.15) is 25.2 Å². The van der Waals surface area contributed by atoms with Crippen molar-refractivity contribution < 1.29 is 13.9 Å². The molecule has 2 heterocycles. The summed E-state index contributed by atoms with van der Waals surface area (Å²) in [5, 5.41) is 4.08. The molecule has 0 saturated carbocycles. The Labute approximate surface area is 166 Å². The van der Waals surface area contributed by atoms with Crippen molar-refractivity contribution in [3.63, 3.8) is 0 Å². The largest absolute Gasteiger partial charge is 0.490 e. The minimum absolute atomic E-state index is 0.616. The van der Waals surface area contributed by atoms with Crippen molar-refractivity contribution in [2.75, 3.05) is 33.1 Å². The second-order valence-electron chi connectivity index (χ2n) is 6.35. The average Bonchev–Trinajstić information content (AvgIpc) is 3.17. The molecule has 0 aliphatic carbocycles. The average molecular weight is 390 g/mol. The maximum absolute atomic E-state index is 5.72. The molecule has 1 saturated heterocycles. The molecular weight excluding hydrogens is 362 g/mol. The molecule has 27 heavy (non-hydrogen) atoms. The van der Waals surface area contributed by atoms with Crippen LogP contribution in [-0.2, 0) is 13.0 Å². The van der Waals surface area contributed by atoms with E-state index in [0.717, 1.165) is 55.2 Å². The number of nitrogens with one attached hydrogen (secondary N) is 1. The first kappa shape index (κ1) is 19.5. The molecule has 1 aliphatic heterocycles. The van der Waals surface area contributed by atoms with Gasteiger partial charge in [-0.15, -0.1) is 0 Å². The van der Waals surface area contributed by atoms with E-state index in [2.05, 4.69) is 27.2 Å². The van der Waals surface area contributed by atoms with Gasteiger partial charge in [-0.1, -0.05) is 6.07 Å². The van der Waals surface area contributed by atoms with Crippen LogP contribution < -0.4 is 14.8 Å². The Morgan fingerprint density at radius 2 is 1.96 bits per heavy atom. The molecule has 2 aromatic rings. The molecule has 1 aromatic carbocycles. The first-order valence-corrected chi connectivity index (χ1v) is 9.76. The van der Waals surface area contributed by atoms with Crippen LogP contribution in [0.2, 0.25) is 0 Å². The standard InChI is InChI=1S/C20H27N3O3S/c1-3-24-18-8-7-16(12-19(18)25-4-2)9-10-23-15-22(14-21-20(23)27)13-17-6-5-11-26-17/h5-8,11-12H,3-4,9-10,13-15H2,1-2H3,(H,21,27). The number of rotatable bonds is 9. The topological polar surface area (TPSA) is 50.1 Å². The van der Waals surface area contributed by atoms with Crippen molar-refractivity contribution in [3.05, 3.63) is 47.9 Å². The molecule has 146 valence electrons. The highest BCUT2D eigenvalue weighted by atomic mass is 32.1. The Kier molecular flexibility index (Phi) is 6.95. The summed E-state index contributed by atoms with van der Waals surface area (Å²) >= 11 is 5.49. The van der Waals surface area contributed by atoms with Crippen LogP contribution in [0.5, 0.6) is 11.5 Å². The number of benzene rings is 1. The molecule has 7 heteroatoms. The zero-order valence-electron chi connectivity index (χ0n) is 15.9. The van der Waals surface area contributed by atoms with Crippen LogP contribution in [0.15, 0.2) is 41.0 Å². The zero-order chi connectivity index (χ0) is 19.1. The van der Waals surface area contributed by atoms with Crippen molar-refractivity contribution in [1.29, 1.82) is 0 Å². The normalized spacial score (nSPS) is 14.9. The fraction of sp³-hybridized carbons (Fsp3) is 0.450. The molecule has 0 spiro atoms. The molecule has 3 rings (SSSR count). The van der Waals surface area contributed by atoms with Gasteiger partial charge in [0.1, 0.15) is 5.76 Å². The van der Waals surface area contributed by atoms with Gasteiger partial charge in [0.2, 0.25) is 0 Å². The quantitative estimate of drug-likeness (QED) is 0.661. The molecule has 0 amide bonds. The van der Waals surface area contributed by atoms with Crippen molar-refractivity contribution in [1.82, 2.24) is 15.1 Å². The lowest BCUT2D eigenvalue weighted by atomic mass is 10.1. The van der Waals surface area contributed by atoms with Crippen molar-refractivity contribution >= 4 is 17.3 Å². The summed E-state index contributed by atoms with van der Waals surface area (Å²) in [5.41, 5.74) is 1.20. The lowest BCUT2D eigenvalue weighted by Crippen LogP contribution is -2.56. The van der Waals surface area contributed by atoms with E-state index in [0.29, 0.717) is 13.2 Å². The van der Waals surface area contributed by atoms with E-state index in [-0.39, 0.29) is 0 Å². The Morgan fingerprint density at radius 1 is 1.15 bits per heavy atom. The lowest BCUT2D eigenvalue weighted by Gasteiger charge is -2.37. The smallest absolute Gasteiger partial charge is 0.171 e. The van der Waals surface area contributed by atoms with Gasteiger partial charge >= 0.3 is 0 Å². The van der Waals surface area contributed by atoms with Gasteiger partial charge in [-0.2, -0.15) is 0 Å². The Hall–Kier alpha value is -2.25. The minimum Gasteiger partial charge on any atom is -0.490 e. The Bertz CT molecular complexity index is 736. The van der Waals surface area contributed by atoms with Gasteiger partial charge in [0.05, 0.1) is 39.4 Å². The van der Waals surface area contributed by atoms with Gasteiger partial charge in [-0.05, 0) is 62.3 Å². The van der Waals surface area contributed by atoms with E-state index < -0.39 is 0 Å². The molecule has 1 N–H and O–H groups in total. The molecular formula is C20H27N3O3S. The van der Waals surface area contributed by atoms with Crippen molar-refractivity contribution in [3.8, 4) is 11.5 Å². The van der Waals surface area contributed by atoms with E-state index >= 15 is 0 Å².